The summed E-state index contributed by atoms with van der Waals surface area (Å²) < 4.78 is 1.64. The number of nitro groups is 1. The van der Waals surface area contributed by atoms with Crippen molar-refractivity contribution in [2.24, 2.45) is 0 Å². The first kappa shape index (κ1) is 18.1. The van der Waals surface area contributed by atoms with Crippen molar-refractivity contribution in [2.75, 3.05) is 11.9 Å². The summed E-state index contributed by atoms with van der Waals surface area (Å²) in [6, 6.07) is 11.8. The quantitative estimate of drug-likeness (QED) is 0.467. The summed E-state index contributed by atoms with van der Waals surface area (Å²) in [5.74, 6) is 0.484. The number of aromatic nitrogens is 3. The minimum absolute atomic E-state index is 0.0165. The average Bonchev–Trinajstić information content (AvgIpc) is 3.21. The molecule has 0 atom stereocenters. The van der Waals surface area contributed by atoms with E-state index in [9.17, 15) is 14.9 Å². The Morgan fingerprint density at radius 2 is 2.00 bits per heavy atom. The zero-order chi connectivity index (χ0) is 19.1. The monoisotopic (exact) mass is 366 g/mol. The fourth-order valence-corrected chi connectivity index (χ4v) is 2.54. The van der Waals surface area contributed by atoms with Gasteiger partial charge in [0.1, 0.15) is 5.69 Å². The predicted octanol–water partition coefficient (Wildman–Crippen LogP) is 2.29. The molecule has 9 nitrogen and oxygen atoms in total. The third-order valence-corrected chi connectivity index (χ3v) is 3.83. The van der Waals surface area contributed by atoms with Crippen molar-refractivity contribution >= 4 is 17.3 Å². The molecular formula is C18H18N6O3. The Morgan fingerprint density at radius 1 is 1.15 bits per heavy atom. The van der Waals surface area contributed by atoms with Gasteiger partial charge in [0.05, 0.1) is 4.92 Å². The number of carbonyl (C=O) groups excluding carboxylic acids is 1. The summed E-state index contributed by atoms with van der Waals surface area (Å²) in [7, 11) is 0. The van der Waals surface area contributed by atoms with Crippen molar-refractivity contribution in [2.45, 2.75) is 13.0 Å². The van der Waals surface area contributed by atoms with E-state index in [-0.39, 0.29) is 24.6 Å². The van der Waals surface area contributed by atoms with Crippen LogP contribution in [0, 0.1) is 10.1 Å². The first-order valence-electron chi connectivity index (χ1n) is 8.33. The molecule has 2 heterocycles. The highest BCUT2D eigenvalue weighted by Crippen LogP contribution is 2.22. The van der Waals surface area contributed by atoms with Crippen molar-refractivity contribution < 1.29 is 9.72 Å². The Kier molecular flexibility index (Phi) is 5.73. The summed E-state index contributed by atoms with van der Waals surface area (Å²) in [6.07, 6.45) is 5.29. The van der Waals surface area contributed by atoms with E-state index in [0.29, 0.717) is 18.1 Å². The van der Waals surface area contributed by atoms with Crippen molar-refractivity contribution in [1.29, 1.82) is 0 Å². The summed E-state index contributed by atoms with van der Waals surface area (Å²) in [5.41, 5.74) is 1.21. The highest BCUT2D eigenvalue weighted by Gasteiger charge is 2.12. The number of nitro benzene ring substituents is 1. The van der Waals surface area contributed by atoms with Gasteiger partial charge in [0.2, 0.25) is 5.91 Å². The van der Waals surface area contributed by atoms with Gasteiger partial charge in [-0.1, -0.05) is 18.2 Å². The van der Waals surface area contributed by atoms with Crippen LogP contribution in [-0.2, 0) is 11.3 Å². The molecule has 2 aromatic heterocycles. The second-order valence-electron chi connectivity index (χ2n) is 5.66. The molecular weight excluding hydrogens is 348 g/mol. The second kappa shape index (κ2) is 8.56. The normalized spacial score (nSPS) is 10.4. The fraction of sp³-hybridized carbons (Fsp3) is 0.167. The third kappa shape index (κ3) is 4.66. The van der Waals surface area contributed by atoms with Crippen LogP contribution in [0.1, 0.15) is 12.0 Å². The van der Waals surface area contributed by atoms with E-state index in [1.807, 2.05) is 6.07 Å². The lowest BCUT2D eigenvalue weighted by molar-refractivity contribution is -0.384. The molecule has 1 aromatic carbocycles. The second-order valence-corrected chi connectivity index (χ2v) is 5.66. The predicted molar refractivity (Wildman–Crippen MR) is 99.4 cm³/mol. The molecule has 0 spiro atoms. The lowest BCUT2D eigenvalue weighted by atomic mass is 10.2. The molecule has 0 aliphatic heterocycles. The van der Waals surface area contributed by atoms with Gasteiger partial charge in [0.25, 0.3) is 5.69 Å². The summed E-state index contributed by atoms with van der Waals surface area (Å²) in [4.78, 5) is 26.9. The number of nitrogens with one attached hydrogen (secondary N) is 2. The first-order valence-corrected chi connectivity index (χ1v) is 8.33. The number of rotatable bonds is 8. The van der Waals surface area contributed by atoms with E-state index < -0.39 is 4.92 Å². The van der Waals surface area contributed by atoms with E-state index in [1.54, 1.807) is 53.6 Å². The average molecular weight is 366 g/mol. The Labute approximate surface area is 155 Å². The van der Waals surface area contributed by atoms with Crippen LogP contribution in [-0.4, -0.2) is 32.1 Å². The number of para-hydroxylation sites is 2. The number of nitrogens with zero attached hydrogens (tertiary/aromatic N) is 4. The molecule has 3 rings (SSSR count). The van der Waals surface area contributed by atoms with Crippen molar-refractivity contribution in [3.63, 3.8) is 0 Å². The number of carbonyl (C=O) groups is 1. The molecule has 0 bridgehead atoms. The Balaban J connectivity index is 1.52. The maximum atomic E-state index is 12.1. The highest BCUT2D eigenvalue weighted by atomic mass is 16.6. The zero-order valence-electron chi connectivity index (χ0n) is 14.4. The van der Waals surface area contributed by atoms with Gasteiger partial charge in [-0.05, 0) is 18.2 Å². The molecule has 138 valence electrons. The Morgan fingerprint density at radius 3 is 2.78 bits per heavy atom. The van der Waals surface area contributed by atoms with Gasteiger partial charge in [-0.25, -0.2) is 9.67 Å². The van der Waals surface area contributed by atoms with Crippen LogP contribution in [0.5, 0.6) is 0 Å². The molecule has 0 aliphatic rings. The minimum Gasteiger partial charge on any atom is -0.379 e. The van der Waals surface area contributed by atoms with Gasteiger partial charge in [0, 0.05) is 49.7 Å². The molecule has 3 aromatic rings. The lowest BCUT2D eigenvalue weighted by Crippen LogP contribution is -2.25. The molecule has 27 heavy (non-hydrogen) atoms. The Bertz CT molecular complexity index is 926. The number of anilines is 1. The standard InChI is InChI=1S/C18H18N6O3/c25-17(8-11-19-15-6-1-2-7-16(15)24(26)27)21-13-14-5-3-9-20-18(14)23-12-4-10-22-23/h1-7,9-10,12,19H,8,11,13H2,(H,21,25). The fourth-order valence-electron chi connectivity index (χ4n) is 2.54. The smallest absolute Gasteiger partial charge is 0.292 e. The van der Waals surface area contributed by atoms with Gasteiger partial charge in [-0.3, -0.25) is 14.9 Å². The zero-order valence-corrected chi connectivity index (χ0v) is 14.4. The molecule has 9 heteroatoms. The molecule has 0 unspecified atom stereocenters. The van der Waals surface area contributed by atoms with E-state index >= 15 is 0 Å². The maximum absolute atomic E-state index is 12.1. The first-order chi connectivity index (χ1) is 13.1. The van der Waals surface area contributed by atoms with Gasteiger partial charge < -0.3 is 10.6 Å². The van der Waals surface area contributed by atoms with Crippen molar-refractivity contribution in [3.8, 4) is 5.82 Å². The van der Waals surface area contributed by atoms with Crippen LogP contribution in [0.4, 0.5) is 11.4 Å². The van der Waals surface area contributed by atoms with Gasteiger partial charge in [-0.2, -0.15) is 5.10 Å². The van der Waals surface area contributed by atoms with Crippen LogP contribution < -0.4 is 10.6 Å². The molecule has 0 radical (unpaired) electrons. The summed E-state index contributed by atoms with van der Waals surface area (Å²) in [6.45, 7) is 0.600. The number of pyridine rings is 1. The number of amides is 1. The highest BCUT2D eigenvalue weighted by molar-refractivity contribution is 5.76. The minimum atomic E-state index is -0.457. The van der Waals surface area contributed by atoms with Crippen molar-refractivity contribution in [3.05, 3.63) is 76.7 Å². The molecule has 0 fully saturated rings. The van der Waals surface area contributed by atoms with Crippen LogP contribution in [0.2, 0.25) is 0 Å². The molecule has 0 aliphatic carbocycles. The SMILES string of the molecule is O=C(CCNc1ccccc1[N+](=O)[O-])NCc1cccnc1-n1cccn1. The van der Waals surface area contributed by atoms with Crippen LogP contribution in [0.3, 0.4) is 0 Å². The summed E-state index contributed by atoms with van der Waals surface area (Å²) in [5, 5.41) is 20.9. The summed E-state index contributed by atoms with van der Waals surface area (Å²) >= 11 is 0. The van der Waals surface area contributed by atoms with Gasteiger partial charge >= 0.3 is 0 Å². The van der Waals surface area contributed by atoms with Crippen LogP contribution in [0.25, 0.3) is 5.82 Å². The maximum Gasteiger partial charge on any atom is 0.292 e. The van der Waals surface area contributed by atoms with Gasteiger partial charge in [-0.15, -0.1) is 0 Å². The van der Waals surface area contributed by atoms with Crippen LogP contribution in [0.15, 0.2) is 61.1 Å². The molecule has 1 amide bonds. The topological polar surface area (TPSA) is 115 Å². The molecule has 2 N–H and O–H groups in total. The van der Waals surface area contributed by atoms with Crippen LogP contribution >= 0.6 is 0 Å². The van der Waals surface area contributed by atoms with E-state index in [0.717, 1.165) is 5.56 Å². The van der Waals surface area contributed by atoms with Gasteiger partial charge in [0.15, 0.2) is 5.82 Å². The molecule has 0 saturated heterocycles. The lowest BCUT2D eigenvalue weighted by Gasteiger charge is -2.10. The van der Waals surface area contributed by atoms with Crippen molar-refractivity contribution in [1.82, 2.24) is 20.1 Å². The van der Waals surface area contributed by atoms with E-state index in [2.05, 4.69) is 20.7 Å². The third-order valence-electron chi connectivity index (χ3n) is 3.83. The van der Waals surface area contributed by atoms with E-state index in [1.165, 1.54) is 6.07 Å². The largest absolute Gasteiger partial charge is 0.379 e. The Hall–Kier alpha value is -3.75. The van der Waals surface area contributed by atoms with E-state index in [4.69, 9.17) is 0 Å². The molecule has 0 saturated carbocycles. The number of hydrogen-bond donors (Lipinski definition) is 2. The number of benzene rings is 1. The number of hydrogen-bond acceptors (Lipinski definition) is 6.